The summed E-state index contributed by atoms with van der Waals surface area (Å²) in [5, 5.41) is 4.39. The van der Waals surface area contributed by atoms with E-state index in [1.807, 2.05) is 16.9 Å². The fourth-order valence-corrected chi connectivity index (χ4v) is 1.64. The number of hydrogen-bond acceptors (Lipinski definition) is 3. The molecule has 1 aromatic heterocycles. The second kappa shape index (κ2) is 3.89. The molecule has 0 unspecified atom stereocenters. The van der Waals surface area contributed by atoms with Crippen molar-refractivity contribution in [1.29, 1.82) is 0 Å². The van der Waals surface area contributed by atoms with Crippen LogP contribution < -0.4 is 5.73 Å². The molecule has 1 aliphatic rings. The lowest BCUT2D eigenvalue weighted by molar-refractivity contribution is 0.0661. The van der Waals surface area contributed by atoms with Crippen molar-refractivity contribution in [3.63, 3.8) is 0 Å². The van der Waals surface area contributed by atoms with Crippen molar-refractivity contribution >= 4 is 0 Å². The molecule has 0 bridgehead atoms. The van der Waals surface area contributed by atoms with E-state index in [1.54, 1.807) is 0 Å². The Hall–Kier alpha value is -0.870. The van der Waals surface area contributed by atoms with Crippen LogP contribution in [0.2, 0.25) is 0 Å². The largest absolute Gasteiger partial charge is 0.381 e. The van der Waals surface area contributed by atoms with Gasteiger partial charge >= 0.3 is 0 Å². The monoisotopic (exact) mass is 181 g/mol. The fourth-order valence-electron chi connectivity index (χ4n) is 1.64. The highest BCUT2D eigenvalue weighted by molar-refractivity contribution is 4.98. The van der Waals surface area contributed by atoms with Gasteiger partial charge in [0, 0.05) is 26.0 Å². The van der Waals surface area contributed by atoms with Crippen molar-refractivity contribution in [2.24, 2.45) is 5.73 Å². The van der Waals surface area contributed by atoms with Crippen LogP contribution in [0, 0.1) is 0 Å². The molecular formula is C9H15N3O. The van der Waals surface area contributed by atoms with Crippen LogP contribution in [0.5, 0.6) is 0 Å². The first-order chi connectivity index (χ1) is 6.40. The molecule has 1 aliphatic heterocycles. The first-order valence-corrected chi connectivity index (χ1v) is 4.72. The van der Waals surface area contributed by atoms with Crippen molar-refractivity contribution in [1.82, 2.24) is 9.78 Å². The minimum Gasteiger partial charge on any atom is -0.381 e. The molecule has 1 fully saturated rings. The van der Waals surface area contributed by atoms with Gasteiger partial charge in [-0.25, -0.2) is 0 Å². The van der Waals surface area contributed by atoms with Gasteiger partial charge in [0.25, 0.3) is 0 Å². The highest BCUT2D eigenvalue weighted by Gasteiger charge is 2.15. The highest BCUT2D eigenvalue weighted by Crippen LogP contribution is 2.19. The molecule has 1 saturated heterocycles. The quantitative estimate of drug-likeness (QED) is 0.730. The molecule has 0 atom stereocenters. The van der Waals surface area contributed by atoms with Crippen molar-refractivity contribution in [3.05, 3.63) is 18.0 Å². The fraction of sp³-hybridized carbons (Fsp3) is 0.667. The molecule has 2 heterocycles. The SMILES string of the molecule is NCc1ccn(C2CCOCC2)n1. The summed E-state index contributed by atoms with van der Waals surface area (Å²) in [6.45, 7) is 2.22. The minimum atomic E-state index is 0.508. The van der Waals surface area contributed by atoms with Crippen molar-refractivity contribution < 1.29 is 4.74 Å². The zero-order valence-electron chi connectivity index (χ0n) is 7.65. The summed E-state index contributed by atoms with van der Waals surface area (Å²) in [6.07, 6.45) is 4.13. The molecule has 2 rings (SSSR count). The second-order valence-corrected chi connectivity index (χ2v) is 3.33. The summed E-state index contributed by atoms with van der Waals surface area (Å²) < 4.78 is 7.31. The van der Waals surface area contributed by atoms with Crippen LogP contribution in [-0.4, -0.2) is 23.0 Å². The molecular weight excluding hydrogens is 166 g/mol. The first kappa shape index (κ1) is 8.72. The molecule has 0 amide bonds. The van der Waals surface area contributed by atoms with Gasteiger partial charge in [-0.15, -0.1) is 0 Å². The van der Waals surface area contributed by atoms with Crippen molar-refractivity contribution in [2.45, 2.75) is 25.4 Å². The number of nitrogens with two attached hydrogens (primary N) is 1. The number of rotatable bonds is 2. The van der Waals surface area contributed by atoms with Crippen LogP contribution in [0.15, 0.2) is 12.3 Å². The lowest BCUT2D eigenvalue weighted by atomic mass is 10.1. The Labute approximate surface area is 77.7 Å². The standard InChI is InChI=1S/C9H15N3O/c10-7-8-1-4-12(11-8)9-2-5-13-6-3-9/h1,4,9H,2-3,5-7,10H2. The van der Waals surface area contributed by atoms with Gasteiger partial charge in [-0.3, -0.25) is 4.68 Å². The van der Waals surface area contributed by atoms with E-state index in [9.17, 15) is 0 Å². The van der Waals surface area contributed by atoms with Gasteiger partial charge in [-0.05, 0) is 18.9 Å². The minimum absolute atomic E-state index is 0.508. The first-order valence-electron chi connectivity index (χ1n) is 4.72. The van der Waals surface area contributed by atoms with Gasteiger partial charge in [-0.1, -0.05) is 0 Å². The Balaban J connectivity index is 2.05. The topological polar surface area (TPSA) is 53.1 Å². The zero-order valence-corrected chi connectivity index (χ0v) is 7.65. The number of ether oxygens (including phenoxy) is 1. The molecule has 0 saturated carbocycles. The summed E-state index contributed by atoms with van der Waals surface area (Å²) in [6, 6.07) is 2.49. The van der Waals surface area contributed by atoms with Gasteiger partial charge in [0.1, 0.15) is 0 Å². The Morgan fingerprint density at radius 1 is 1.54 bits per heavy atom. The van der Waals surface area contributed by atoms with E-state index in [-0.39, 0.29) is 0 Å². The van der Waals surface area contributed by atoms with Gasteiger partial charge < -0.3 is 10.5 Å². The summed E-state index contributed by atoms with van der Waals surface area (Å²) >= 11 is 0. The average Bonchev–Trinajstić information content (AvgIpc) is 2.67. The predicted molar refractivity (Wildman–Crippen MR) is 49.2 cm³/mol. The second-order valence-electron chi connectivity index (χ2n) is 3.33. The van der Waals surface area contributed by atoms with E-state index in [0.29, 0.717) is 12.6 Å². The maximum Gasteiger partial charge on any atom is 0.0760 e. The predicted octanol–water partition coefficient (Wildman–Crippen LogP) is 0.693. The summed E-state index contributed by atoms with van der Waals surface area (Å²) in [4.78, 5) is 0. The summed E-state index contributed by atoms with van der Waals surface area (Å²) in [7, 11) is 0. The van der Waals surface area contributed by atoms with Gasteiger partial charge in [-0.2, -0.15) is 5.10 Å². The molecule has 2 N–H and O–H groups in total. The van der Waals surface area contributed by atoms with Gasteiger partial charge in [0.15, 0.2) is 0 Å². The van der Waals surface area contributed by atoms with E-state index >= 15 is 0 Å². The Morgan fingerprint density at radius 2 is 2.31 bits per heavy atom. The molecule has 0 radical (unpaired) electrons. The van der Waals surface area contributed by atoms with Gasteiger partial charge in [0.05, 0.1) is 11.7 Å². The average molecular weight is 181 g/mol. The van der Waals surface area contributed by atoms with Crippen molar-refractivity contribution in [2.75, 3.05) is 13.2 Å². The third-order valence-corrected chi connectivity index (χ3v) is 2.44. The normalized spacial score (nSPS) is 19.2. The lowest BCUT2D eigenvalue weighted by Crippen LogP contribution is -2.20. The Kier molecular flexibility index (Phi) is 2.61. The van der Waals surface area contributed by atoms with Crippen LogP contribution >= 0.6 is 0 Å². The van der Waals surface area contributed by atoms with E-state index < -0.39 is 0 Å². The zero-order chi connectivity index (χ0) is 9.10. The number of nitrogens with zero attached hydrogens (tertiary/aromatic N) is 2. The van der Waals surface area contributed by atoms with Crippen LogP contribution in [-0.2, 0) is 11.3 Å². The van der Waals surface area contributed by atoms with Crippen LogP contribution in [0.1, 0.15) is 24.6 Å². The molecule has 4 heteroatoms. The van der Waals surface area contributed by atoms with Crippen LogP contribution in [0.4, 0.5) is 0 Å². The molecule has 72 valence electrons. The van der Waals surface area contributed by atoms with Crippen molar-refractivity contribution in [3.8, 4) is 0 Å². The van der Waals surface area contributed by atoms with E-state index in [4.69, 9.17) is 10.5 Å². The lowest BCUT2D eigenvalue weighted by Gasteiger charge is -2.22. The van der Waals surface area contributed by atoms with E-state index in [2.05, 4.69) is 5.10 Å². The molecule has 0 aromatic carbocycles. The number of hydrogen-bond donors (Lipinski definition) is 1. The Morgan fingerprint density at radius 3 is 2.92 bits per heavy atom. The molecule has 1 aromatic rings. The molecule has 4 nitrogen and oxygen atoms in total. The Bertz CT molecular complexity index is 266. The molecule has 0 aliphatic carbocycles. The summed E-state index contributed by atoms with van der Waals surface area (Å²) in [5.74, 6) is 0. The highest BCUT2D eigenvalue weighted by atomic mass is 16.5. The summed E-state index contributed by atoms with van der Waals surface area (Å²) in [5.41, 5.74) is 6.46. The maximum atomic E-state index is 5.49. The van der Waals surface area contributed by atoms with Crippen LogP contribution in [0.25, 0.3) is 0 Å². The van der Waals surface area contributed by atoms with Crippen LogP contribution in [0.3, 0.4) is 0 Å². The van der Waals surface area contributed by atoms with Gasteiger partial charge in [0.2, 0.25) is 0 Å². The van der Waals surface area contributed by atoms with E-state index in [1.165, 1.54) is 0 Å². The third-order valence-electron chi connectivity index (χ3n) is 2.44. The van der Waals surface area contributed by atoms with E-state index in [0.717, 1.165) is 31.7 Å². The smallest absolute Gasteiger partial charge is 0.0760 e. The number of aromatic nitrogens is 2. The molecule has 0 spiro atoms. The third kappa shape index (κ3) is 1.89. The maximum absolute atomic E-state index is 5.49. The molecule has 13 heavy (non-hydrogen) atoms.